The van der Waals surface area contributed by atoms with Gasteiger partial charge in [-0.25, -0.2) is 0 Å². The van der Waals surface area contributed by atoms with Crippen molar-refractivity contribution in [3.8, 4) is 0 Å². The largest absolute Gasteiger partial charge is 0.355 e. The molecule has 1 N–H and O–H groups in total. The molecule has 4 nitrogen and oxygen atoms in total. The molecule has 1 atom stereocenters. The summed E-state index contributed by atoms with van der Waals surface area (Å²) in [6, 6.07) is 4.61. The first kappa shape index (κ1) is 16.9. The first-order valence-electron chi connectivity index (χ1n) is 7.66. The van der Waals surface area contributed by atoms with Crippen LogP contribution in [0, 0.1) is 11.8 Å². The number of aromatic nitrogens is 2. The van der Waals surface area contributed by atoms with Crippen LogP contribution in [0.3, 0.4) is 0 Å². The van der Waals surface area contributed by atoms with Gasteiger partial charge in [-0.3, -0.25) is 0 Å². The van der Waals surface area contributed by atoms with E-state index in [0.717, 1.165) is 31.0 Å². The van der Waals surface area contributed by atoms with E-state index in [2.05, 4.69) is 74.2 Å². The van der Waals surface area contributed by atoms with Gasteiger partial charge in [-0.15, -0.1) is 5.10 Å². The van der Waals surface area contributed by atoms with Crippen LogP contribution in [0.15, 0.2) is 12.1 Å². The van der Waals surface area contributed by atoms with Crippen molar-refractivity contribution in [2.75, 3.05) is 18.5 Å². The van der Waals surface area contributed by atoms with Crippen LogP contribution in [0.2, 0.25) is 0 Å². The second kappa shape index (κ2) is 8.20. The van der Waals surface area contributed by atoms with Gasteiger partial charge in [0.2, 0.25) is 0 Å². The Kier molecular flexibility index (Phi) is 6.93. The van der Waals surface area contributed by atoms with Crippen molar-refractivity contribution >= 4 is 5.82 Å². The lowest BCUT2D eigenvalue weighted by Crippen LogP contribution is -2.31. The molecular weight excluding hydrogens is 248 g/mol. The van der Waals surface area contributed by atoms with Crippen molar-refractivity contribution in [2.24, 2.45) is 11.8 Å². The molecule has 1 unspecified atom stereocenters. The third-order valence-corrected chi connectivity index (χ3v) is 3.40. The molecule has 1 aromatic heterocycles. The molecule has 1 heterocycles. The van der Waals surface area contributed by atoms with Crippen molar-refractivity contribution in [3.63, 3.8) is 0 Å². The summed E-state index contributed by atoms with van der Waals surface area (Å²) < 4.78 is 0. The van der Waals surface area contributed by atoms with Gasteiger partial charge >= 0.3 is 0 Å². The van der Waals surface area contributed by atoms with Crippen LogP contribution in [0.5, 0.6) is 0 Å². The Morgan fingerprint density at radius 2 is 1.75 bits per heavy atom. The van der Waals surface area contributed by atoms with Gasteiger partial charge in [-0.05, 0) is 43.9 Å². The quantitative estimate of drug-likeness (QED) is 0.793. The molecule has 20 heavy (non-hydrogen) atoms. The summed E-state index contributed by atoms with van der Waals surface area (Å²) in [4.78, 5) is 2.21. The molecule has 0 radical (unpaired) electrons. The normalized spacial score (nSPS) is 13.0. The molecule has 4 heteroatoms. The molecular formula is C16H30N4. The molecule has 0 aromatic carbocycles. The lowest BCUT2D eigenvalue weighted by molar-refractivity contribution is 0.500. The van der Waals surface area contributed by atoms with Crippen LogP contribution in [0.25, 0.3) is 0 Å². The Morgan fingerprint density at radius 1 is 1.05 bits per heavy atom. The fourth-order valence-electron chi connectivity index (χ4n) is 2.19. The van der Waals surface area contributed by atoms with Gasteiger partial charge < -0.3 is 10.2 Å². The van der Waals surface area contributed by atoms with Crippen LogP contribution >= 0.6 is 0 Å². The summed E-state index contributed by atoms with van der Waals surface area (Å²) in [5, 5.41) is 12.0. The summed E-state index contributed by atoms with van der Waals surface area (Å²) in [7, 11) is 2.09. The Balaban J connectivity index is 2.52. The van der Waals surface area contributed by atoms with Crippen molar-refractivity contribution < 1.29 is 0 Å². The standard InChI is InChI=1S/C16H30N4/c1-12(2)9-14(5)20(6)16-8-7-15(18-19-16)11-17-10-13(3)4/h7-8,12-14,17H,9-11H2,1-6H3. The SMILES string of the molecule is CC(C)CNCc1ccc(N(C)C(C)CC(C)C)nn1. The molecule has 0 aliphatic rings. The monoisotopic (exact) mass is 278 g/mol. The topological polar surface area (TPSA) is 41.0 Å². The maximum absolute atomic E-state index is 4.34. The van der Waals surface area contributed by atoms with E-state index in [0.29, 0.717) is 17.9 Å². The molecule has 0 spiro atoms. The van der Waals surface area contributed by atoms with Gasteiger partial charge in [0, 0.05) is 19.6 Å². The minimum Gasteiger partial charge on any atom is -0.355 e. The zero-order valence-corrected chi connectivity index (χ0v) is 13.8. The van der Waals surface area contributed by atoms with E-state index < -0.39 is 0 Å². The number of nitrogens with zero attached hydrogens (tertiary/aromatic N) is 3. The Bertz CT molecular complexity index is 373. The first-order valence-corrected chi connectivity index (χ1v) is 7.66. The molecule has 0 aliphatic heterocycles. The van der Waals surface area contributed by atoms with Crippen molar-refractivity contribution in [1.29, 1.82) is 0 Å². The van der Waals surface area contributed by atoms with E-state index in [4.69, 9.17) is 0 Å². The van der Waals surface area contributed by atoms with Crippen LogP contribution in [0.1, 0.15) is 46.7 Å². The van der Waals surface area contributed by atoms with Gasteiger partial charge in [0.15, 0.2) is 5.82 Å². The number of hydrogen-bond donors (Lipinski definition) is 1. The van der Waals surface area contributed by atoms with Gasteiger partial charge in [-0.1, -0.05) is 27.7 Å². The number of hydrogen-bond acceptors (Lipinski definition) is 4. The number of rotatable bonds is 8. The maximum atomic E-state index is 4.34. The highest BCUT2D eigenvalue weighted by Gasteiger charge is 2.13. The smallest absolute Gasteiger partial charge is 0.151 e. The number of nitrogens with one attached hydrogen (secondary N) is 1. The summed E-state index contributed by atoms with van der Waals surface area (Å²) in [6.07, 6.45) is 1.16. The Hall–Kier alpha value is -1.16. The van der Waals surface area contributed by atoms with E-state index in [1.807, 2.05) is 0 Å². The van der Waals surface area contributed by atoms with Crippen LogP contribution in [0.4, 0.5) is 5.82 Å². The molecule has 114 valence electrons. The van der Waals surface area contributed by atoms with Crippen molar-refractivity contribution in [3.05, 3.63) is 17.8 Å². The minimum atomic E-state index is 0.481. The van der Waals surface area contributed by atoms with Crippen LogP contribution in [-0.4, -0.2) is 29.8 Å². The van der Waals surface area contributed by atoms with E-state index in [-0.39, 0.29) is 0 Å². The van der Waals surface area contributed by atoms with Crippen molar-refractivity contribution in [2.45, 2.75) is 53.6 Å². The number of anilines is 1. The predicted molar refractivity (Wildman–Crippen MR) is 85.9 cm³/mol. The fourth-order valence-corrected chi connectivity index (χ4v) is 2.19. The van der Waals surface area contributed by atoms with Crippen LogP contribution in [-0.2, 0) is 6.54 Å². The van der Waals surface area contributed by atoms with Gasteiger partial charge in [0.1, 0.15) is 0 Å². The highest BCUT2D eigenvalue weighted by atomic mass is 15.3. The summed E-state index contributed by atoms with van der Waals surface area (Å²) in [5.74, 6) is 2.30. The first-order chi connectivity index (χ1) is 9.40. The molecule has 1 rings (SSSR count). The third kappa shape index (κ3) is 5.87. The highest BCUT2D eigenvalue weighted by Crippen LogP contribution is 2.16. The molecule has 0 fully saturated rings. The second-order valence-corrected chi connectivity index (χ2v) is 6.50. The van der Waals surface area contributed by atoms with E-state index in [1.165, 1.54) is 0 Å². The summed E-state index contributed by atoms with van der Waals surface area (Å²) >= 11 is 0. The lowest BCUT2D eigenvalue weighted by atomic mass is 10.0. The van der Waals surface area contributed by atoms with Gasteiger partial charge in [-0.2, -0.15) is 5.10 Å². The predicted octanol–water partition coefficient (Wildman–Crippen LogP) is 3.09. The molecule has 0 bridgehead atoms. The third-order valence-electron chi connectivity index (χ3n) is 3.40. The van der Waals surface area contributed by atoms with E-state index in [9.17, 15) is 0 Å². The minimum absolute atomic E-state index is 0.481. The zero-order valence-electron chi connectivity index (χ0n) is 13.8. The average Bonchev–Trinajstić information content (AvgIpc) is 2.37. The van der Waals surface area contributed by atoms with Crippen LogP contribution < -0.4 is 10.2 Å². The molecule has 0 amide bonds. The molecule has 0 aliphatic carbocycles. The van der Waals surface area contributed by atoms with E-state index in [1.54, 1.807) is 0 Å². The Morgan fingerprint density at radius 3 is 2.25 bits per heavy atom. The second-order valence-electron chi connectivity index (χ2n) is 6.50. The maximum Gasteiger partial charge on any atom is 0.151 e. The molecule has 0 saturated carbocycles. The molecule has 1 aromatic rings. The zero-order chi connectivity index (χ0) is 15.1. The lowest BCUT2D eigenvalue weighted by Gasteiger charge is -2.26. The summed E-state index contributed by atoms with van der Waals surface area (Å²) in [5.41, 5.74) is 0.999. The molecule has 0 saturated heterocycles. The van der Waals surface area contributed by atoms with Crippen molar-refractivity contribution in [1.82, 2.24) is 15.5 Å². The summed E-state index contributed by atoms with van der Waals surface area (Å²) in [6.45, 7) is 12.9. The van der Waals surface area contributed by atoms with E-state index >= 15 is 0 Å². The fraction of sp³-hybridized carbons (Fsp3) is 0.750. The van der Waals surface area contributed by atoms with Gasteiger partial charge in [0.05, 0.1) is 5.69 Å². The van der Waals surface area contributed by atoms with Gasteiger partial charge in [0.25, 0.3) is 0 Å². The Labute approximate surface area is 124 Å². The highest BCUT2D eigenvalue weighted by molar-refractivity contribution is 5.37. The average molecular weight is 278 g/mol.